The average molecular weight is 168 g/mol. The molecular formula is C4H6ClNO2S. The van der Waals surface area contributed by atoms with Crippen molar-refractivity contribution in [3.05, 3.63) is 21.8 Å². The predicted molar refractivity (Wildman–Crippen MR) is 38.3 cm³/mol. The van der Waals surface area contributed by atoms with E-state index in [2.05, 4.69) is 4.84 Å². The van der Waals surface area contributed by atoms with Crippen molar-refractivity contribution in [1.29, 1.82) is 0 Å². The first-order valence-corrected chi connectivity index (χ1v) is 2.90. The second kappa shape index (κ2) is 3.53. The summed E-state index contributed by atoms with van der Waals surface area (Å²) in [5.74, 6) is 0. The van der Waals surface area contributed by atoms with E-state index in [0.29, 0.717) is 0 Å². The van der Waals surface area contributed by atoms with Gasteiger partial charge in [-0.05, 0) is 11.5 Å². The number of hydrogen-bond donors (Lipinski definition) is 0. The summed E-state index contributed by atoms with van der Waals surface area (Å²) in [5.41, 5.74) is -0.113. The maximum atomic E-state index is 10.5. The van der Waals surface area contributed by atoms with Gasteiger partial charge in [-0.15, -0.1) is 12.4 Å². The van der Waals surface area contributed by atoms with E-state index in [-0.39, 0.29) is 18.0 Å². The standard InChI is InChI=1S/C4H5NO2S.ClH/c1-7-5-4(6)2-3-8-5;/h2-3H,1H3;1H. The fraction of sp³-hybridized carbons (Fsp3) is 0.250. The molecule has 52 valence electrons. The third kappa shape index (κ3) is 1.73. The molecule has 0 atom stereocenters. The summed E-state index contributed by atoms with van der Waals surface area (Å²) in [6, 6.07) is 1.45. The van der Waals surface area contributed by atoms with Crippen LogP contribution in [0.1, 0.15) is 0 Å². The third-order valence-electron chi connectivity index (χ3n) is 0.713. The van der Waals surface area contributed by atoms with Crippen molar-refractivity contribution in [1.82, 2.24) is 4.12 Å². The number of nitrogens with zero attached hydrogens (tertiary/aromatic N) is 1. The summed E-state index contributed by atoms with van der Waals surface area (Å²) in [6.45, 7) is 0. The van der Waals surface area contributed by atoms with Crippen molar-refractivity contribution in [3.63, 3.8) is 0 Å². The minimum Gasteiger partial charge on any atom is -0.404 e. The normalized spacial score (nSPS) is 8.11. The topological polar surface area (TPSA) is 31.2 Å². The lowest BCUT2D eigenvalue weighted by atomic mass is 10.8. The second-order valence-electron chi connectivity index (χ2n) is 1.19. The van der Waals surface area contributed by atoms with Gasteiger partial charge in [0, 0.05) is 11.4 Å². The molecule has 0 unspecified atom stereocenters. The molecule has 0 spiro atoms. The van der Waals surface area contributed by atoms with Crippen LogP contribution in [0, 0.1) is 0 Å². The Morgan fingerprint density at radius 3 is 2.67 bits per heavy atom. The van der Waals surface area contributed by atoms with E-state index in [0.717, 1.165) is 0 Å². The maximum Gasteiger partial charge on any atom is 0.294 e. The second-order valence-corrected chi connectivity index (χ2v) is 2.00. The van der Waals surface area contributed by atoms with Crippen molar-refractivity contribution >= 4 is 23.9 Å². The molecule has 0 amide bonds. The Morgan fingerprint density at radius 1 is 1.78 bits per heavy atom. The highest BCUT2D eigenvalue weighted by molar-refractivity contribution is 7.03. The van der Waals surface area contributed by atoms with Crippen molar-refractivity contribution in [3.8, 4) is 0 Å². The van der Waals surface area contributed by atoms with E-state index in [1.807, 2.05) is 0 Å². The molecule has 9 heavy (non-hydrogen) atoms. The molecule has 3 nitrogen and oxygen atoms in total. The minimum absolute atomic E-state index is 0. The van der Waals surface area contributed by atoms with Gasteiger partial charge in [0.25, 0.3) is 5.56 Å². The summed E-state index contributed by atoms with van der Waals surface area (Å²) in [5, 5.41) is 1.67. The van der Waals surface area contributed by atoms with E-state index >= 15 is 0 Å². The molecular weight excluding hydrogens is 162 g/mol. The van der Waals surface area contributed by atoms with Gasteiger partial charge < -0.3 is 4.84 Å². The Morgan fingerprint density at radius 2 is 2.44 bits per heavy atom. The van der Waals surface area contributed by atoms with E-state index in [4.69, 9.17) is 0 Å². The molecule has 0 fully saturated rings. The molecule has 0 aromatic carbocycles. The molecule has 0 N–H and O–H groups in total. The van der Waals surface area contributed by atoms with Gasteiger partial charge in [-0.3, -0.25) is 4.79 Å². The first kappa shape index (κ1) is 8.52. The summed E-state index contributed by atoms with van der Waals surface area (Å²) in [7, 11) is 1.46. The molecule has 5 heteroatoms. The maximum absolute atomic E-state index is 10.5. The Hall–Kier alpha value is -0.480. The lowest BCUT2D eigenvalue weighted by Crippen LogP contribution is -2.16. The fourth-order valence-corrected chi connectivity index (χ4v) is 0.928. The van der Waals surface area contributed by atoms with Crippen LogP contribution in [-0.4, -0.2) is 11.2 Å². The Kier molecular flexibility index (Phi) is 3.34. The van der Waals surface area contributed by atoms with Gasteiger partial charge in [-0.25, -0.2) is 0 Å². The van der Waals surface area contributed by atoms with Gasteiger partial charge in [0.05, 0.1) is 0 Å². The van der Waals surface area contributed by atoms with E-state index < -0.39 is 0 Å². The Labute approximate surface area is 62.4 Å². The molecule has 0 aliphatic rings. The third-order valence-corrected chi connectivity index (χ3v) is 1.49. The Balaban J connectivity index is 0.000000640. The van der Waals surface area contributed by atoms with Gasteiger partial charge >= 0.3 is 0 Å². The molecule has 0 aliphatic heterocycles. The van der Waals surface area contributed by atoms with Crippen molar-refractivity contribution < 1.29 is 4.84 Å². The molecule has 1 aromatic heterocycles. The van der Waals surface area contributed by atoms with Gasteiger partial charge in [-0.1, -0.05) is 4.12 Å². The molecule has 0 radical (unpaired) electrons. The van der Waals surface area contributed by atoms with Crippen LogP contribution in [0.2, 0.25) is 0 Å². The minimum atomic E-state index is -0.113. The van der Waals surface area contributed by atoms with Crippen LogP contribution >= 0.6 is 23.9 Å². The highest BCUT2D eigenvalue weighted by Gasteiger charge is 1.89. The Bertz CT molecular complexity index is 218. The SMILES string of the molecule is COn1sccc1=O.Cl. The largest absolute Gasteiger partial charge is 0.404 e. The van der Waals surface area contributed by atoms with Gasteiger partial charge in [0.2, 0.25) is 0 Å². The van der Waals surface area contributed by atoms with Crippen molar-refractivity contribution in [2.75, 3.05) is 7.11 Å². The molecule has 1 aromatic rings. The summed E-state index contributed by atoms with van der Waals surface area (Å²) >= 11 is 1.23. The van der Waals surface area contributed by atoms with E-state index in [1.165, 1.54) is 28.8 Å². The van der Waals surface area contributed by atoms with Crippen LogP contribution < -0.4 is 10.4 Å². The molecule has 0 bridgehead atoms. The lowest BCUT2D eigenvalue weighted by Gasteiger charge is -1.90. The number of aromatic nitrogens is 1. The van der Waals surface area contributed by atoms with Crippen LogP contribution in [0.25, 0.3) is 0 Å². The summed E-state index contributed by atoms with van der Waals surface area (Å²) < 4.78 is 1.19. The molecule has 0 saturated carbocycles. The first-order valence-electron chi connectivity index (χ1n) is 2.06. The van der Waals surface area contributed by atoms with E-state index in [1.54, 1.807) is 5.38 Å². The molecule has 0 aliphatic carbocycles. The average Bonchev–Trinajstić information content (AvgIpc) is 2.14. The molecule has 1 heterocycles. The number of rotatable bonds is 1. The monoisotopic (exact) mass is 167 g/mol. The number of halogens is 1. The summed E-state index contributed by atoms with van der Waals surface area (Å²) in [4.78, 5) is 15.1. The quantitative estimate of drug-likeness (QED) is 0.606. The smallest absolute Gasteiger partial charge is 0.294 e. The number of hydrogen-bond acceptors (Lipinski definition) is 3. The summed E-state index contributed by atoms with van der Waals surface area (Å²) in [6.07, 6.45) is 0. The van der Waals surface area contributed by atoms with Crippen LogP contribution in [0.4, 0.5) is 0 Å². The van der Waals surface area contributed by atoms with Gasteiger partial charge in [-0.2, -0.15) is 0 Å². The van der Waals surface area contributed by atoms with Crippen molar-refractivity contribution in [2.45, 2.75) is 0 Å². The molecule has 1 rings (SSSR count). The van der Waals surface area contributed by atoms with Crippen LogP contribution in [-0.2, 0) is 0 Å². The predicted octanol–water partition coefficient (Wildman–Crippen LogP) is 0.390. The van der Waals surface area contributed by atoms with Crippen LogP contribution in [0.15, 0.2) is 16.2 Å². The molecule has 0 saturated heterocycles. The van der Waals surface area contributed by atoms with Crippen LogP contribution in [0.5, 0.6) is 0 Å². The van der Waals surface area contributed by atoms with E-state index in [9.17, 15) is 4.79 Å². The van der Waals surface area contributed by atoms with Crippen molar-refractivity contribution in [2.24, 2.45) is 0 Å². The first-order chi connectivity index (χ1) is 3.84. The zero-order valence-corrected chi connectivity index (χ0v) is 6.37. The highest BCUT2D eigenvalue weighted by atomic mass is 35.5. The highest BCUT2D eigenvalue weighted by Crippen LogP contribution is 1.85. The van der Waals surface area contributed by atoms with Crippen LogP contribution in [0.3, 0.4) is 0 Å². The fourth-order valence-electron chi connectivity index (χ4n) is 0.390. The zero-order valence-electron chi connectivity index (χ0n) is 4.73. The van der Waals surface area contributed by atoms with Gasteiger partial charge in [0.1, 0.15) is 7.11 Å². The van der Waals surface area contributed by atoms with Gasteiger partial charge in [0.15, 0.2) is 0 Å². The zero-order chi connectivity index (χ0) is 5.98. The lowest BCUT2D eigenvalue weighted by molar-refractivity contribution is 0.188.